The standard InChI is InChI=1S/C21H22N2OS2/c1-15-10-12-23(13-11-15)20(24)17-8-6-16(7-9-17)14-25-21-22-18-4-2-3-5-19(18)26-21/h2-9,15H,10-14H2,1H3. The maximum atomic E-state index is 12.6. The van der Waals surface area contributed by atoms with Crippen LogP contribution in [0.15, 0.2) is 52.9 Å². The molecule has 3 aromatic rings. The van der Waals surface area contributed by atoms with Crippen molar-refractivity contribution in [1.29, 1.82) is 0 Å². The van der Waals surface area contributed by atoms with E-state index in [-0.39, 0.29) is 5.91 Å². The fraction of sp³-hybridized carbons (Fsp3) is 0.333. The molecule has 0 aliphatic carbocycles. The number of likely N-dealkylation sites (tertiary alicyclic amines) is 1. The Morgan fingerprint density at radius 2 is 1.88 bits per heavy atom. The fourth-order valence-corrected chi connectivity index (χ4v) is 5.22. The van der Waals surface area contributed by atoms with E-state index in [4.69, 9.17) is 0 Å². The molecular weight excluding hydrogens is 360 g/mol. The normalized spacial score (nSPS) is 15.5. The molecule has 0 unspecified atom stereocenters. The van der Waals surface area contributed by atoms with Crippen LogP contribution in [0, 0.1) is 5.92 Å². The summed E-state index contributed by atoms with van der Waals surface area (Å²) in [6.45, 7) is 4.03. The Morgan fingerprint density at radius 1 is 1.15 bits per heavy atom. The van der Waals surface area contributed by atoms with Crippen LogP contribution in [-0.4, -0.2) is 28.9 Å². The van der Waals surface area contributed by atoms with Crippen LogP contribution in [0.3, 0.4) is 0 Å². The molecule has 0 radical (unpaired) electrons. The molecule has 3 nitrogen and oxygen atoms in total. The van der Waals surface area contributed by atoms with Crippen molar-refractivity contribution in [3.05, 3.63) is 59.7 Å². The minimum absolute atomic E-state index is 0.169. The van der Waals surface area contributed by atoms with Crippen LogP contribution in [-0.2, 0) is 5.75 Å². The molecule has 1 fully saturated rings. The molecule has 1 aliphatic rings. The number of fused-ring (bicyclic) bond motifs is 1. The largest absolute Gasteiger partial charge is 0.339 e. The Kier molecular flexibility index (Phi) is 5.27. The summed E-state index contributed by atoms with van der Waals surface area (Å²) in [6, 6.07) is 16.3. The second-order valence-electron chi connectivity index (χ2n) is 6.91. The molecule has 4 rings (SSSR count). The molecule has 1 aromatic heterocycles. The lowest BCUT2D eigenvalue weighted by atomic mass is 9.98. The summed E-state index contributed by atoms with van der Waals surface area (Å²) in [5.41, 5.74) is 3.09. The second kappa shape index (κ2) is 7.80. The molecule has 0 spiro atoms. The highest BCUT2D eigenvalue weighted by Gasteiger charge is 2.21. The van der Waals surface area contributed by atoms with Gasteiger partial charge in [0.2, 0.25) is 0 Å². The van der Waals surface area contributed by atoms with Crippen LogP contribution >= 0.6 is 23.1 Å². The minimum Gasteiger partial charge on any atom is -0.339 e. The van der Waals surface area contributed by atoms with Gasteiger partial charge >= 0.3 is 0 Å². The van der Waals surface area contributed by atoms with E-state index in [2.05, 4.69) is 36.2 Å². The summed E-state index contributed by atoms with van der Waals surface area (Å²) in [7, 11) is 0. The maximum Gasteiger partial charge on any atom is 0.253 e. The van der Waals surface area contributed by atoms with Crippen LogP contribution < -0.4 is 0 Å². The summed E-state index contributed by atoms with van der Waals surface area (Å²) in [6.07, 6.45) is 2.23. The number of nitrogens with zero attached hydrogens (tertiary/aromatic N) is 2. The van der Waals surface area contributed by atoms with Crippen molar-refractivity contribution in [1.82, 2.24) is 9.88 Å². The van der Waals surface area contributed by atoms with Gasteiger partial charge in [0.1, 0.15) is 0 Å². The van der Waals surface area contributed by atoms with E-state index in [1.54, 1.807) is 23.1 Å². The molecule has 1 aliphatic heterocycles. The predicted octanol–water partition coefficient (Wildman–Crippen LogP) is 5.46. The summed E-state index contributed by atoms with van der Waals surface area (Å²) >= 11 is 3.49. The molecule has 0 saturated carbocycles. The average molecular weight is 383 g/mol. The number of carbonyl (C=O) groups is 1. The first kappa shape index (κ1) is 17.6. The van der Waals surface area contributed by atoms with Crippen molar-refractivity contribution in [2.75, 3.05) is 13.1 Å². The van der Waals surface area contributed by atoms with Gasteiger partial charge < -0.3 is 4.90 Å². The number of amides is 1. The van der Waals surface area contributed by atoms with Gasteiger partial charge in [-0.3, -0.25) is 4.79 Å². The van der Waals surface area contributed by atoms with Crippen molar-refractivity contribution < 1.29 is 4.79 Å². The molecule has 26 heavy (non-hydrogen) atoms. The van der Waals surface area contributed by atoms with Gasteiger partial charge in [0.05, 0.1) is 10.2 Å². The van der Waals surface area contributed by atoms with Gasteiger partial charge in [-0.1, -0.05) is 43.0 Å². The first-order valence-corrected chi connectivity index (χ1v) is 10.9. The molecule has 134 valence electrons. The number of piperidine rings is 1. The summed E-state index contributed by atoms with van der Waals surface area (Å²) in [4.78, 5) is 19.3. The highest BCUT2D eigenvalue weighted by molar-refractivity contribution is 8.00. The smallest absolute Gasteiger partial charge is 0.253 e. The summed E-state index contributed by atoms with van der Waals surface area (Å²) in [5.74, 6) is 1.78. The van der Waals surface area contributed by atoms with E-state index < -0.39 is 0 Å². The van der Waals surface area contributed by atoms with Gasteiger partial charge in [-0.15, -0.1) is 11.3 Å². The van der Waals surface area contributed by atoms with Crippen molar-refractivity contribution in [2.45, 2.75) is 29.9 Å². The van der Waals surface area contributed by atoms with Gasteiger partial charge in [-0.2, -0.15) is 0 Å². The molecule has 0 N–H and O–H groups in total. The Hall–Kier alpha value is -1.85. The molecule has 1 amide bonds. The number of thiazole rings is 1. The Balaban J connectivity index is 1.37. The molecule has 0 atom stereocenters. The molecule has 0 bridgehead atoms. The lowest BCUT2D eigenvalue weighted by Gasteiger charge is -2.30. The number of para-hydroxylation sites is 1. The Labute approximate surface area is 162 Å². The number of aromatic nitrogens is 1. The molecular formula is C21H22N2OS2. The Bertz CT molecular complexity index is 863. The van der Waals surface area contributed by atoms with Crippen LogP contribution in [0.4, 0.5) is 0 Å². The van der Waals surface area contributed by atoms with E-state index in [0.717, 1.165) is 53.0 Å². The Morgan fingerprint density at radius 3 is 2.62 bits per heavy atom. The van der Waals surface area contributed by atoms with Crippen LogP contribution in [0.1, 0.15) is 35.7 Å². The zero-order valence-corrected chi connectivity index (χ0v) is 16.5. The third-order valence-electron chi connectivity index (χ3n) is 4.91. The highest BCUT2D eigenvalue weighted by atomic mass is 32.2. The summed E-state index contributed by atoms with van der Waals surface area (Å²) in [5, 5.41) is 0. The topological polar surface area (TPSA) is 33.2 Å². The molecule has 1 saturated heterocycles. The fourth-order valence-electron chi connectivity index (χ4n) is 3.20. The van der Waals surface area contributed by atoms with Gasteiger partial charge in [0, 0.05) is 24.4 Å². The van der Waals surface area contributed by atoms with E-state index in [0.29, 0.717) is 0 Å². The van der Waals surface area contributed by atoms with E-state index in [1.807, 2.05) is 29.2 Å². The predicted molar refractivity (Wildman–Crippen MR) is 110 cm³/mol. The second-order valence-corrected chi connectivity index (χ2v) is 9.16. The number of hydrogen-bond donors (Lipinski definition) is 0. The maximum absolute atomic E-state index is 12.6. The molecule has 5 heteroatoms. The third-order valence-corrected chi connectivity index (χ3v) is 7.16. The number of carbonyl (C=O) groups excluding carboxylic acids is 1. The third kappa shape index (κ3) is 3.94. The quantitative estimate of drug-likeness (QED) is 0.562. The molecule has 2 heterocycles. The monoisotopic (exact) mass is 382 g/mol. The minimum atomic E-state index is 0.169. The zero-order chi connectivity index (χ0) is 17.9. The lowest BCUT2D eigenvalue weighted by molar-refractivity contribution is 0.0697. The van der Waals surface area contributed by atoms with E-state index in [9.17, 15) is 4.79 Å². The van der Waals surface area contributed by atoms with E-state index in [1.165, 1.54) is 10.3 Å². The van der Waals surface area contributed by atoms with Crippen LogP contribution in [0.2, 0.25) is 0 Å². The first-order valence-electron chi connectivity index (χ1n) is 9.05. The van der Waals surface area contributed by atoms with Crippen molar-refractivity contribution >= 4 is 39.2 Å². The first-order chi connectivity index (χ1) is 12.7. The van der Waals surface area contributed by atoms with Crippen LogP contribution in [0.5, 0.6) is 0 Å². The van der Waals surface area contributed by atoms with Crippen LogP contribution in [0.25, 0.3) is 10.2 Å². The van der Waals surface area contributed by atoms with Gasteiger partial charge in [0.25, 0.3) is 5.91 Å². The zero-order valence-electron chi connectivity index (χ0n) is 14.9. The number of thioether (sulfide) groups is 1. The number of rotatable bonds is 4. The van der Waals surface area contributed by atoms with Crippen molar-refractivity contribution in [3.63, 3.8) is 0 Å². The van der Waals surface area contributed by atoms with Gasteiger partial charge in [-0.05, 0) is 48.6 Å². The molecule has 2 aromatic carbocycles. The highest BCUT2D eigenvalue weighted by Crippen LogP contribution is 2.31. The summed E-state index contributed by atoms with van der Waals surface area (Å²) < 4.78 is 2.32. The van der Waals surface area contributed by atoms with E-state index >= 15 is 0 Å². The van der Waals surface area contributed by atoms with Crippen molar-refractivity contribution in [2.24, 2.45) is 5.92 Å². The van der Waals surface area contributed by atoms with Gasteiger partial charge in [-0.25, -0.2) is 4.98 Å². The number of benzene rings is 2. The van der Waals surface area contributed by atoms with Crippen molar-refractivity contribution in [3.8, 4) is 0 Å². The lowest BCUT2D eigenvalue weighted by Crippen LogP contribution is -2.37. The van der Waals surface area contributed by atoms with Gasteiger partial charge in [0.15, 0.2) is 4.34 Å². The average Bonchev–Trinajstić information content (AvgIpc) is 3.10. The number of hydrogen-bond acceptors (Lipinski definition) is 4. The SMILES string of the molecule is CC1CCN(C(=O)c2ccc(CSc3nc4ccccc4s3)cc2)CC1.